The number of carbonyl (C=O) groups is 1. The zero-order valence-electron chi connectivity index (χ0n) is 12.6. The summed E-state index contributed by atoms with van der Waals surface area (Å²) in [4.78, 5) is 11.9. The van der Waals surface area contributed by atoms with Crippen LogP contribution < -0.4 is 5.32 Å². The first-order chi connectivity index (χ1) is 10.8. The number of amides is 1. The van der Waals surface area contributed by atoms with E-state index in [0.717, 1.165) is 17.5 Å². The van der Waals surface area contributed by atoms with Gasteiger partial charge >= 0.3 is 0 Å². The third kappa shape index (κ3) is 3.77. The molecular weight excluding hydrogens is 270 g/mol. The lowest BCUT2D eigenvalue weighted by Gasteiger charge is -2.05. The van der Waals surface area contributed by atoms with Crippen molar-refractivity contribution in [3.63, 3.8) is 0 Å². The number of benzene rings is 2. The highest BCUT2D eigenvalue weighted by atomic mass is 16.1. The molecule has 2 aromatic rings. The lowest BCUT2D eigenvalue weighted by molar-refractivity contribution is -0.120. The van der Waals surface area contributed by atoms with E-state index in [0.29, 0.717) is 13.0 Å². The maximum Gasteiger partial charge on any atom is 0.225 e. The molecule has 0 spiro atoms. The summed E-state index contributed by atoms with van der Waals surface area (Å²) in [5.74, 6) is 6.04. The molecule has 0 bridgehead atoms. The van der Waals surface area contributed by atoms with Crippen LogP contribution in [0, 0.1) is 11.8 Å². The number of aryl methyl sites for hydroxylation is 2. The molecule has 2 nitrogen and oxygen atoms in total. The average molecular weight is 289 g/mol. The van der Waals surface area contributed by atoms with Crippen molar-refractivity contribution in [2.24, 2.45) is 0 Å². The van der Waals surface area contributed by atoms with Gasteiger partial charge in [-0.15, -0.1) is 0 Å². The first kappa shape index (κ1) is 14.4. The first-order valence-electron chi connectivity index (χ1n) is 7.72. The van der Waals surface area contributed by atoms with Crippen LogP contribution in [0.15, 0.2) is 48.5 Å². The molecule has 0 aliphatic heterocycles. The molecule has 0 fully saturated rings. The van der Waals surface area contributed by atoms with Crippen LogP contribution in [0.2, 0.25) is 0 Å². The van der Waals surface area contributed by atoms with Gasteiger partial charge in [0.2, 0.25) is 5.91 Å². The monoisotopic (exact) mass is 289 g/mol. The Labute approximate surface area is 131 Å². The van der Waals surface area contributed by atoms with Crippen molar-refractivity contribution in [3.05, 3.63) is 70.8 Å². The van der Waals surface area contributed by atoms with E-state index in [-0.39, 0.29) is 5.91 Å². The molecule has 0 aromatic heterocycles. The van der Waals surface area contributed by atoms with Gasteiger partial charge in [-0.05, 0) is 48.1 Å². The minimum atomic E-state index is 0.0281. The lowest BCUT2D eigenvalue weighted by Crippen LogP contribution is -2.25. The Morgan fingerprint density at radius 3 is 2.73 bits per heavy atom. The largest absolute Gasteiger partial charge is 0.345 e. The van der Waals surface area contributed by atoms with E-state index < -0.39 is 0 Å². The zero-order valence-corrected chi connectivity index (χ0v) is 12.6. The van der Waals surface area contributed by atoms with Gasteiger partial charge in [0.15, 0.2) is 0 Å². The SMILES string of the molecule is O=C(Cc1ccc2c(c1)CCC2)NCC#Cc1ccccc1. The number of hydrogen-bond acceptors (Lipinski definition) is 1. The van der Waals surface area contributed by atoms with Crippen LogP contribution in [0.4, 0.5) is 0 Å². The molecule has 2 aromatic carbocycles. The van der Waals surface area contributed by atoms with Crippen molar-refractivity contribution in [1.82, 2.24) is 5.32 Å². The summed E-state index contributed by atoms with van der Waals surface area (Å²) in [5.41, 5.74) is 4.91. The second-order valence-corrected chi connectivity index (χ2v) is 5.58. The highest BCUT2D eigenvalue weighted by Crippen LogP contribution is 2.22. The topological polar surface area (TPSA) is 29.1 Å². The molecule has 110 valence electrons. The van der Waals surface area contributed by atoms with Gasteiger partial charge in [0, 0.05) is 5.56 Å². The van der Waals surface area contributed by atoms with Gasteiger partial charge in [-0.25, -0.2) is 0 Å². The normalized spacial score (nSPS) is 12.2. The highest BCUT2D eigenvalue weighted by molar-refractivity contribution is 5.78. The zero-order chi connectivity index (χ0) is 15.2. The van der Waals surface area contributed by atoms with Crippen molar-refractivity contribution >= 4 is 5.91 Å². The van der Waals surface area contributed by atoms with Gasteiger partial charge in [-0.1, -0.05) is 48.2 Å². The van der Waals surface area contributed by atoms with Crippen molar-refractivity contribution in [3.8, 4) is 11.8 Å². The summed E-state index contributed by atoms with van der Waals surface area (Å²) in [6, 6.07) is 16.2. The molecule has 0 saturated carbocycles. The summed E-state index contributed by atoms with van der Waals surface area (Å²) in [5, 5.41) is 2.86. The fraction of sp³-hybridized carbons (Fsp3) is 0.250. The molecule has 3 rings (SSSR count). The van der Waals surface area contributed by atoms with Crippen molar-refractivity contribution < 1.29 is 4.79 Å². The van der Waals surface area contributed by atoms with Crippen molar-refractivity contribution in [1.29, 1.82) is 0 Å². The number of rotatable bonds is 3. The fourth-order valence-electron chi connectivity index (χ4n) is 2.79. The van der Waals surface area contributed by atoms with Crippen LogP contribution in [0.25, 0.3) is 0 Å². The minimum Gasteiger partial charge on any atom is -0.345 e. The van der Waals surface area contributed by atoms with E-state index in [1.165, 1.54) is 24.0 Å². The molecular formula is C20H19NO. The molecule has 1 aliphatic rings. The molecule has 0 unspecified atom stereocenters. The Balaban J connectivity index is 1.50. The third-order valence-electron chi connectivity index (χ3n) is 3.91. The Hall–Kier alpha value is -2.53. The Morgan fingerprint density at radius 2 is 1.86 bits per heavy atom. The standard InChI is InChI=1S/C20H19NO/c22-20(21-13-5-8-16-6-2-1-3-7-16)15-17-11-12-18-9-4-10-19(18)14-17/h1-3,6-7,11-12,14H,4,9-10,13,15H2,(H,21,22). The van der Waals surface area contributed by atoms with Crippen LogP contribution in [0.1, 0.15) is 28.7 Å². The average Bonchev–Trinajstić information content (AvgIpc) is 3.00. The summed E-state index contributed by atoms with van der Waals surface area (Å²) < 4.78 is 0. The summed E-state index contributed by atoms with van der Waals surface area (Å²) in [6.45, 7) is 0.388. The predicted octanol–water partition coefficient (Wildman–Crippen LogP) is 2.89. The molecule has 0 heterocycles. The summed E-state index contributed by atoms with van der Waals surface area (Å²) in [7, 11) is 0. The van der Waals surface area contributed by atoms with Crippen molar-refractivity contribution in [2.45, 2.75) is 25.7 Å². The van der Waals surface area contributed by atoms with Crippen LogP contribution in [-0.2, 0) is 24.1 Å². The molecule has 22 heavy (non-hydrogen) atoms. The lowest BCUT2D eigenvalue weighted by atomic mass is 10.0. The van der Waals surface area contributed by atoms with Crippen molar-refractivity contribution in [2.75, 3.05) is 6.54 Å². The molecule has 2 heteroatoms. The number of nitrogens with one attached hydrogen (secondary N) is 1. The number of carbonyl (C=O) groups excluding carboxylic acids is 1. The molecule has 0 saturated heterocycles. The number of hydrogen-bond donors (Lipinski definition) is 1. The van der Waals surface area contributed by atoms with E-state index in [4.69, 9.17) is 0 Å². The smallest absolute Gasteiger partial charge is 0.225 e. The van der Waals surface area contributed by atoms with E-state index in [1.54, 1.807) is 0 Å². The van der Waals surface area contributed by atoms with E-state index >= 15 is 0 Å². The highest BCUT2D eigenvalue weighted by Gasteiger charge is 2.11. The summed E-state index contributed by atoms with van der Waals surface area (Å²) >= 11 is 0. The van der Waals surface area contributed by atoms with E-state index in [2.05, 4.69) is 35.4 Å². The van der Waals surface area contributed by atoms with Gasteiger partial charge in [-0.2, -0.15) is 0 Å². The van der Waals surface area contributed by atoms with Gasteiger partial charge in [0.1, 0.15) is 0 Å². The molecule has 1 amide bonds. The molecule has 1 aliphatic carbocycles. The Morgan fingerprint density at radius 1 is 1.05 bits per heavy atom. The van der Waals surface area contributed by atoms with Crippen LogP contribution in [-0.4, -0.2) is 12.5 Å². The van der Waals surface area contributed by atoms with Gasteiger partial charge in [-0.3, -0.25) is 4.79 Å². The maximum atomic E-state index is 11.9. The molecule has 1 N–H and O–H groups in total. The Kier molecular flexibility index (Phi) is 4.56. The number of fused-ring (bicyclic) bond motifs is 1. The Bertz CT molecular complexity index is 722. The molecule has 0 atom stereocenters. The second kappa shape index (κ2) is 6.95. The van der Waals surface area contributed by atoms with Gasteiger partial charge in [0.25, 0.3) is 0 Å². The second-order valence-electron chi connectivity index (χ2n) is 5.58. The molecule has 0 radical (unpaired) electrons. The van der Waals surface area contributed by atoms with E-state index in [9.17, 15) is 4.79 Å². The third-order valence-corrected chi connectivity index (χ3v) is 3.91. The van der Waals surface area contributed by atoms with E-state index in [1.807, 2.05) is 30.3 Å². The maximum absolute atomic E-state index is 11.9. The van der Waals surface area contributed by atoms with Crippen LogP contribution >= 0.6 is 0 Å². The fourth-order valence-corrected chi connectivity index (χ4v) is 2.79. The van der Waals surface area contributed by atoms with Crippen LogP contribution in [0.3, 0.4) is 0 Å². The van der Waals surface area contributed by atoms with Gasteiger partial charge in [0.05, 0.1) is 13.0 Å². The van der Waals surface area contributed by atoms with Gasteiger partial charge < -0.3 is 5.32 Å². The predicted molar refractivity (Wildman–Crippen MR) is 88.5 cm³/mol. The minimum absolute atomic E-state index is 0.0281. The quantitative estimate of drug-likeness (QED) is 0.865. The first-order valence-corrected chi connectivity index (χ1v) is 7.72. The van der Waals surface area contributed by atoms with Crippen LogP contribution in [0.5, 0.6) is 0 Å². The summed E-state index contributed by atoms with van der Waals surface area (Å²) in [6.07, 6.45) is 3.99.